The quantitative estimate of drug-likeness (QED) is 0.363. The van der Waals surface area contributed by atoms with Gasteiger partial charge in [0.1, 0.15) is 28.6 Å². The summed E-state index contributed by atoms with van der Waals surface area (Å²) in [5, 5.41) is 15.5. The van der Waals surface area contributed by atoms with Crippen molar-refractivity contribution in [2.24, 2.45) is 0 Å². The first-order valence-corrected chi connectivity index (χ1v) is 11.7. The van der Waals surface area contributed by atoms with E-state index in [4.69, 9.17) is 4.74 Å². The molecule has 184 valence electrons. The number of aromatic nitrogens is 4. The maximum Gasteiger partial charge on any atom is 0.350 e. The van der Waals surface area contributed by atoms with Gasteiger partial charge in [-0.25, -0.2) is 22.9 Å². The van der Waals surface area contributed by atoms with Crippen LogP contribution in [0.1, 0.15) is 43.0 Å². The normalized spacial score (nSPS) is 11.7. The van der Waals surface area contributed by atoms with Crippen molar-refractivity contribution < 1.29 is 23.0 Å². The molecule has 2 heterocycles. The third kappa shape index (κ3) is 4.73. The predicted octanol–water partition coefficient (Wildman–Crippen LogP) is 5.06. The molecule has 35 heavy (non-hydrogen) atoms. The van der Waals surface area contributed by atoms with Gasteiger partial charge in [-0.05, 0) is 44.0 Å². The first-order chi connectivity index (χ1) is 16.7. The molecule has 0 radical (unpaired) electrons. The lowest BCUT2D eigenvalue weighted by atomic mass is 9.99. The largest absolute Gasteiger partial charge is 0.442 e. The van der Waals surface area contributed by atoms with Crippen LogP contribution >= 0.6 is 11.3 Å². The molecule has 7 nitrogen and oxygen atoms in total. The molecular weight excluding hydrogens is 481 g/mol. The van der Waals surface area contributed by atoms with Crippen LogP contribution in [-0.2, 0) is 12.1 Å². The summed E-state index contributed by atoms with van der Waals surface area (Å²) in [6.07, 6.45) is 2.08. The highest BCUT2D eigenvalue weighted by Gasteiger charge is 2.30. The van der Waals surface area contributed by atoms with Gasteiger partial charge in [0.25, 0.3) is 0 Å². The monoisotopic (exact) mass is 504 g/mol. The molecule has 0 aliphatic rings. The summed E-state index contributed by atoms with van der Waals surface area (Å²) in [7, 11) is 0. The molecule has 0 fully saturated rings. The van der Waals surface area contributed by atoms with E-state index in [0.717, 1.165) is 45.1 Å². The van der Waals surface area contributed by atoms with Gasteiger partial charge in [0.2, 0.25) is 5.06 Å². The predicted molar refractivity (Wildman–Crippen MR) is 125 cm³/mol. The summed E-state index contributed by atoms with van der Waals surface area (Å²) in [6, 6.07) is 7.28. The summed E-state index contributed by atoms with van der Waals surface area (Å²) in [4.78, 5) is 17.1. The van der Waals surface area contributed by atoms with Gasteiger partial charge < -0.3 is 9.84 Å². The average molecular weight is 505 g/mol. The van der Waals surface area contributed by atoms with Crippen LogP contribution in [0.25, 0.3) is 5.69 Å². The van der Waals surface area contributed by atoms with E-state index in [2.05, 4.69) is 10.1 Å². The zero-order valence-corrected chi connectivity index (χ0v) is 20.1. The first kappa shape index (κ1) is 24.7. The van der Waals surface area contributed by atoms with Crippen molar-refractivity contribution in [1.82, 2.24) is 19.3 Å². The molecule has 4 aromatic rings. The maximum absolute atomic E-state index is 14.9. The lowest BCUT2D eigenvalue weighted by Gasteiger charge is -2.21. The Labute approximate surface area is 203 Å². The van der Waals surface area contributed by atoms with Gasteiger partial charge in [-0.2, -0.15) is 9.78 Å². The summed E-state index contributed by atoms with van der Waals surface area (Å²) >= 11 is 1.15. The Morgan fingerprint density at radius 1 is 1.09 bits per heavy atom. The number of rotatable bonds is 8. The Morgan fingerprint density at radius 3 is 2.40 bits per heavy atom. The number of aliphatic hydroxyl groups is 1. The molecule has 0 saturated heterocycles. The number of hydrogen-bond donors (Lipinski definition) is 1. The van der Waals surface area contributed by atoms with E-state index in [1.165, 1.54) is 18.2 Å². The Bertz CT molecular complexity index is 1410. The summed E-state index contributed by atoms with van der Waals surface area (Å²) in [6.45, 7) is 5.05. The van der Waals surface area contributed by atoms with E-state index < -0.39 is 28.7 Å². The number of nitrogens with zero attached hydrogens (tertiary/aromatic N) is 4. The van der Waals surface area contributed by atoms with Crippen molar-refractivity contribution in [3.8, 4) is 16.5 Å². The second kappa shape index (κ2) is 9.67. The van der Waals surface area contributed by atoms with Crippen LogP contribution in [0.3, 0.4) is 0 Å². The molecule has 0 spiro atoms. The highest BCUT2D eigenvalue weighted by Crippen LogP contribution is 2.39. The van der Waals surface area contributed by atoms with Crippen molar-refractivity contribution in [3.63, 3.8) is 0 Å². The molecule has 0 bridgehead atoms. The topological polar surface area (TPSA) is 82.2 Å². The minimum Gasteiger partial charge on any atom is -0.442 e. The number of halogens is 3. The van der Waals surface area contributed by atoms with Gasteiger partial charge in [-0.15, -0.1) is 0 Å². The lowest BCUT2D eigenvalue weighted by Crippen LogP contribution is -2.24. The molecule has 0 aliphatic heterocycles. The van der Waals surface area contributed by atoms with Crippen molar-refractivity contribution in [3.05, 3.63) is 86.9 Å². The van der Waals surface area contributed by atoms with Crippen molar-refractivity contribution in [2.75, 3.05) is 0 Å². The van der Waals surface area contributed by atoms with Crippen LogP contribution < -0.4 is 10.4 Å². The van der Waals surface area contributed by atoms with Gasteiger partial charge in [-0.3, -0.25) is 4.57 Å². The van der Waals surface area contributed by atoms with Crippen LogP contribution in [0.15, 0.2) is 47.5 Å². The first-order valence-electron chi connectivity index (χ1n) is 10.9. The third-order valence-corrected chi connectivity index (χ3v) is 7.04. The fraction of sp³-hybridized carbons (Fsp3) is 0.292. The molecule has 1 N–H and O–H groups in total. The molecule has 2 aromatic carbocycles. The second-order valence-electron chi connectivity index (χ2n) is 8.00. The molecule has 2 aromatic heterocycles. The van der Waals surface area contributed by atoms with Crippen LogP contribution in [0.5, 0.6) is 10.8 Å². The van der Waals surface area contributed by atoms with Crippen LogP contribution in [0.4, 0.5) is 13.2 Å². The highest BCUT2D eigenvalue weighted by atomic mass is 32.1. The highest BCUT2D eigenvalue weighted by molar-refractivity contribution is 7.13. The van der Waals surface area contributed by atoms with Crippen molar-refractivity contribution in [1.29, 1.82) is 0 Å². The molecule has 0 atom stereocenters. The Hall–Kier alpha value is -3.44. The van der Waals surface area contributed by atoms with Crippen LogP contribution in [0.2, 0.25) is 0 Å². The average Bonchev–Trinajstić information content (AvgIpc) is 3.39. The molecular formula is C24H23F3N4O3S. The van der Waals surface area contributed by atoms with E-state index in [1.54, 1.807) is 6.92 Å². The Morgan fingerprint density at radius 2 is 1.77 bits per heavy atom. The molecule has 0 aliphatic carbocycles. The van der Waals surface area contributed by atoms with Crippen LogP contribution in [-0.4, -0.2) is 24.4 Å². The maximum atomic E-state index is 14.9. The number of hydrogen-bond acceptors (Lipinski definition) is 6. The van der Waals surface area contributed by atoms with E-state index in [1.807, 2.05) is 13.8 Å². The molecule has 0 amide bonds. The molecule has 11 heteroatoms. The SMILES string of the molecule is CCC(O)(CC)c1nc(C)c(Oc2ccc(-n3ncn(Cc4c(F)cccc4F)c3=O)cc2F)s1. The zero-order valence-electron chi connectivity index (χ0n) is 19.3. The van der Waals surface area contributed by atoms with Gasteiger partial charge in [0.15, 0.2) is 11.6 Å². The Balaban J connectivity index is 1.58. The van der Waals surface area contributed by atoms with E-state index in [0.29, 0.717) is 28.6 Å². The standard InChI is InChI=1S/C24H23F3N4O3S/c1-4-24(33,5-2)22-29-14(3)21(35-22)34-20-10-9-15(11-19(20)27)31-23(32)30(13-28-31)12-16-17(25)7-6-8-18(16)26/h6-11,13,33H,4-5,12H2,1-3H3. The number of benzene rings is 2. The van der Waals surface area contributed by atoms with Gasteiger partial charge in [0, 0.05) is 11.6 Å². The third-order valence-electron chi connectivity index (χ3n) is 5.81. The fourth-order valence-electron chi connectivity index (χ4n) is 3.51. The van der Waals surface area contributed by atoms with Crippen LogP contribution in [0, 0.1) is 24.4 Å². The van der Waals surface area contributed by atoms with E-state index in [9.17, 15) is 23.1 Å². The Kier molecular flexibility index (Phi) is 6.82. The minimum absolute atomic E-state index is 0.0931. The summed E-state index contributed by atoms with van der Waals surface area (Å²) < 4.78 is 50.4. The number of aryl methyl sites for hydroxylation is 1. The molecule has 0 saturated carbocycles. The number of ether oxygens (including phenoxy) is 1. The van der Waals surface area contributed by atoms with Crippen molar-refractivity contribution >= 4 is 11.3 Å². The van der Waals surface area contributed by atoms with Gasteiger partial charge in [0.05, 0.1) is 17.9 Å². The van der Waals surface area contributed by atoms with E-state index in [-0.39, 0.29) is 23.5 Å². The summed E-state index contributed by atoms with van der Waals surface area (Å²) in [5.41, 5.74) is -1.42. The molecule has 0 unspecified atom stereocenters. The smallest absolute Gasteiger partial charge is 0.350 e. The van der Waals surface area contributed by atoms with E-state index >= 15 is 0 Å². The number of thiazole rings is 1. The molecule has 4 rings (SSSR count). The fourth-order valence-corrected chi connectivity index (χ4v) is 4.67. The van der Waals surface area contributed by atoms with Gasteiger partial charge in [-0.1, -0.05) is 31.3 Å². The lowest BCUT2D eigenvalue weighted by molar-refractivity contribution is 0.0280. The van der Waals surface area contributed by atoms with Crippen molar-refractivity contribution in [2.45, 2.75) is 45.8 Å². The summed E-state index contributed by atoms with van der Waals surface area (Å²) in [5.74, 6) is -2.41. The minimum atomic E-state index is -1.08. The van der Waals surface area contributed by atoms with Gasteiger partial charge >= 0.3 is 5.69 Å². The zero-order chi connectivity index (χ0) is 25.3. The second-order valence-corrected chi connectivity index (χ2v) is 8.96.